The number of nitrogens with one attached hydrogen (secondary N) is 1. The summed E-state index contributed by atoms with van der Waals surface area (Å²) >= 11 is 3.42. The molecule has 20 heavy (non-hydrogen) atoms. The molecule has 5 heteroatoms. The Morgan fingerprint density at radius 1 is 1.35 bits per heavy atom. The van der Waals surface area contributed by atoms with Crippen LogP contribution < -0.4 is 10.1 Å². The summed E-state index contributed by atoms with van der Waals surface area (Å²) in [5.41, 5.74) is 0.418. The van der Waals surface area contributed by atoms with Crippen molar-refractivity contribution in [3.8, 4) is 5.75 Å². The van der Waals surface area contributed by atoms with E-state index in [9.17, 15) is 4.79 Å². The van der Waals surface area contributed by atoms with Gasteiger partial charge in [0.05, 0.1) is 6.61 Å². The number of alkyl carbamates (subject to hydrolysis) is 1. The van der Waals surface area contributed by atoms with Crippen LogP contribution in [0.2, 0.25) is 0 Å². The highest BCUT2D eigenvalue weighted by atomic mass is 79.9. The highest BCUT2D eigenvalue weighted by Gasteiger charge is 2.16. The fourth-order valence-corrected chi connectivity index (χ4v) is 1.93. The van der Waals surface area contributed by atoms with Gasteiger partial charge < -0.3 is 14.8 Å². The van der Waals surface area contributed by atoms with Gasteiger partial charge in [0.25, 0.3) is 0 Å². The number of amides is 1. The number of rotatable bonds is 5. The molecule has 1 N–H and O–H groups in total. The lowest BCUT2D eigenvalue weighted by Gasteiger charge is -2.20. The predicted molar refractivity (Wildman–Crippen MR) is 83.0 cm³/mol. The standard InChI is InChI=1S/C15H22BrNO3/c1-5-8-19-13-7-6-12(16)9-11(13)10-17-14(18)20-15(2,3)4/h6-7,9H,5,8,10H2,1-4H3,(H,17,18). The number of ether oxygens (including phenoxy) is 2. The fourth-order valence-electron chi connectivity index (χ4n) is 1.52. The van der Waals surface area contributed by atoms with Crippen LogP contribution in [0, 0.1) is 0 Å². The molecule has 0 heterocycles. The van der Waals surface area contributed by atoms with Crippen LogP contribution in [-0.2, 0) is 11.3 Å². The van der Waals surface area contributed by atoms with Gasteiger partial charge in [0.15, 0.2) is 0 Å². The molecule has 0 radical (unpaired) electrons. The van der Waals surface area contributed by atoms with E-state index in [-0.39, 0.29) is 0 Å². The summed E-state index contributed by atoms with van der Waals surface area (Å²) in [5, 5.41) is 2.74. The van der Waals surface area contributed by atoms with Gasteiger partial charge in [-0.25, -0.2) is 4.79 Å². The third-order valence-corrected chi connectivity index (χ3v) is 2.80. The molecule has 0 aliphatic heterocycles. The van der Waals surface area contributed by atoms with E-state index < -0.39 is 11.7 Å². The Bertz CT molecular complexity index is 455. The highest BCUT2D eigenvalue weighted by molar-refractivity contribution is 9.10. The van der Waals surface area contributed by atoms with Crippen molar-refractivity contribution in [2.24, 2.45) is 0 Å². The van der Waals surface area contributed by atoms with E-state index in [2.05, 4.69) is 28.2 Å². The predicted octanol–water partition coefficient (Wildman–Crippen LogP) is 4.26. The zero-order valence-electron chi connectivity index (χ0n) is 12.5. The summed E-state index contributed by atoms with van der Waals surface area (Å²) in [4.78, 5) is 11.7. The summed E-state index contributed by atoms with van der Waals surface area (Å²) in [6.07, 6.45) is 0.508. The largest absolute Gasteiger partial charge is 0.493 e. The Morgan fingerprint density at radius 3 is 2.65 bits per heavy atom. The third kappa shape index (κ3) is 6.28. The van der Waals surface area contributed by atoms with Gasteiger partial charge in [0.2, 0.25) is 0 Å². The van der Waals surface area contributed by atoms with Crippen LogP contribution in [0.1, 0.15) is 39.7 Å². The molecule has 1 aromatic carbocycles. The summed E-state index contributed by atoms with van der Waals surface area (Å²) in [7, 11) is 0. The number of hydrogen-bond acceptors (Lipinski definition) is 3. The fraction of sp³-hybridized carbons (Fsp3) is 0.533. The maximum Gasteiger partial charge on any atom is 0.407 e. The van der Waals surface area contributed by atoms with Crippen molar-refractivity contribution in [3.05, 3.63) is 28.2 Å². The maximum atomic E-state index is 11.7. The van der Waals surface area contributed by atoms with Crippen molar-refractivity contribution in [2.45, 2.75) is 46.3 Å². The lowest BCUT2D eigenvalue weighted by atomic mass is 10.2. The molecule has 0 saturated heterocycles. The Morgan fingerprint density at radius 2 is 2.05 bits per heavy atom. The number of hydrogen-bond donors (Lipinski definition) is 1. The van der Waals surface area contributed by atoms with Crippen molar-refractivity contribution in [1.82, 2.24) is 5.32 Å². The van der Waals surface area contributed by atoms with Gasteiger partial charge in [-0.3, -0.25) is 0 Å². The molecule has 0 aromatic heterocycles. The van der Waals surface area contributed by atoms with Gasteiger partial charge in [0.1, 0.15) is 11.4 Å². The molecule has 0 aliphatic rings. The molecule has 0 spiro atoms. The Hall–Kier alpha value is -1.23. The van der Waals surface area contributed by atoms with E-state index in [1.54, 1.807) is 0 Å². The first-order valence-corrected chi connectivity index (χ1v) is 7.49. The minimum atomic E-state index is -0.497. The van der Waals surface area contributed by atoms with Crippen molar-refractivity contribution in [3.63, 3.8) is 0 Å². The van der Waals surface area contributed by atoms with Crippen LogP contribution in [-0.4, -0.2) is 18.3 Å². The van der Waals surface area contributed by atoms with Crippen molar-refractivity contribution in [1.29, 1.82) is 0 Å². The first-order chi connectivity index (χ1) is 9.31. The summed E-state index contributed by atoms with van der Waals surface area (Å²) in [6, 6.07) is 5.75. The van der Waals surface area contributed by atoms with Crippen LogP contribution in [0.4, 0.5) is 4.79 Å². The van der Waals surface area contributed by atoms with Crippen molar-refractivity contribution >= 4 is 22.0 Å². The second-order valence-electron chi connectivity index (χ2n) is 5.46. The third-order valence-electron chi connectivity index (χ3n) is 2.31. The molecule has 0 aliphatic carbocycles. The van der Waals surface area contributed by atoms with Gasteiger partial charge in [0, 0.05) is 16.6 Å². The maximum absolute atomic E-state index is 11.7. The zero-order valence-corrected chi connectivity index (χ0v) is 14.0. The molecular weight excluding hydrogens is 322 g/mol. The Balaban J connectivity index is 2.66. The summed E-state index contributed by atoms with van der Waals surface area (Å²) in [5.74, 6) is 0.783. The lowest BCUT2D eigenvalue weighted by Crippen LogP contribution is -2.32. The number of carbonyl (C=O) groups is 1. The van der Waals surface area contributed by atoms with Gasteiger partial charge in [-0.1, -0.05) is 22.9 Å². The second kappa shape index (κ2) is 7.53. The van der Waals surface area contributed by atoms with Gasteiger partial charge >= 0.3 is 6.09 Å². The zero-order chi connectivity index (χ0) is 15.2. The lowest BCUT2D eigenvalue weighted by molar-refractivity contribution is 0.0523. The number of halogens is 1. The van der Waals surface area contributed by atoms with Gasteiger partial charge in [-0.15, -0.1) is 0 Å². The van der Waals surface area contributed by atoms with Crippen molar-refractivity contribution in [2.75, 3.05) is 6.61 Å². The molecule has 0 saturated carbocycles. The molecule has 0 atom stereocenters. The van der Waals surface area contributed by atoms with Crippen LogP contribution in [0.15, 0.2) is 22.7 Å². The molecule has 1 rings (SSSR count). The van der Waals surface area contributed by atoms with Crippen LogP contribution >= 0.6 is 15.9 Å². The normalized spacial score (nSPS) is 11.1. The molecule has 0 unspecified atom stereocenters. The monoisotopic (exact) mass is 343 g/mol. The molecule has 0 fully saturated rings. The number of benzene rings is 1. The SMILES string of the molecule is CCCOc1ccc(Br)cc1CNC(=O)OC(C)(C)C. The minimum absolute atomic E-state index is 0.368. The van der Waals surface area contributed by atoms with E-state index in [0.29, 0.717) is 13.2 Å². The molecule has 1 amide bonds. The van der Waals surface area contributed by atoms with Gasteiger partial charge in [-0.2, -0.15) is 0 Å². The molecule has 1 aromatic rings. The van der Waals surface area contributed by atoms with Crippen LogP contribution in [0.5, 0.6) is 5.75 Å². The topological polar surface area (TPSA) is 47.6 Å². The van der Waals surface area contributed by atoms with Crippen molar-refractivity contribution < 1.29 is 14.3 Å². The van der Waals surface area contributed by atoms with E-state index in [1.165, 1.54) is 0 Å². The van der Waals surface area contributed by atoms with E-state index >= 15 is 0 Å². The smallest absolute Gasteiger partial charge is 0.407 e. The quantitative estimate of drug-likeness (QED) is 0.868. The minimum Gasteiger partial charge on any atom is -0.493 e. The van der Waals surface area contributed by atoms with Crippen LogP contribution in [0.25, 0.3) is 0 Å². The van der Waals surface area contributed by atoms with Crippen LogP contribution in [0.3, 0.4) is 0 Å². The number of carbonyl (C=O) groups excluding carboxylic acids is 1. The Kier molecular flexibility index (Phi) is 6.33. The first-order valence-electron chi connectivity index (χ1n) is 6.70. The average molecular weight is 344 g/mol. The first kappa shape index (κ1) is 16.8. The van der Waals surface area contributed by atoms with E-state index in [0.717, 1.165) is 22.2 Å². The molecule has 4 nitrogen and oxygen atoms in total. The summed E-state index contributed by atoms with van der Waals surface area (Å²) < 4.78 is 11.8. The molecular formula is C15H22BrNO3. The summed E-state index contributed by atoms with van der Waals surface area (Å²) in [6.45, 7) is 8.58. The second-order valence-corrected chi connectivity index (χ2v) is 6.37. The Labute approximate surface area is 129 Å². The van der Waals surface area contributed by atoms with E-state index in [1.807, 2.05) is 39.0 Å². The van der Waals surface area contributed by atoms with Gasteiger partial charge in [-0.05, 0) is 45.4 Å². The molecule has 112 valence electrons. The highest BCUT2D eigenvalue weighted by Crippen LogP contribution is 2.23. The molecule has 0 bridgehead atoms. The average Bonchev–Trinajstić information content (AvgIpc) is 2.33. The van der Waals surface area contributed by atoms with E-state index in [4.69, 9.17) is 9.47 Å².